The average molecular weight is 715 g/mol. The topological polar surface area (TPSA) is 131 Å². The van der Waals surface area contributed by atoms with Gasteiger partial charge in [-0.1, -0.05) is 167 Å². The number of aliphatic hydroxyl groups is 1. The highest BCUT2D eigenvalue weighted by Gasteiger charge is 2.27. The molecule has 3 unspecified atom stereocenters. The predicted octanol–water partition coefficient (Wildman–Crippen LogP) is 11.0. The normalized spacial score (nSPS) is 14.5. The molecule has 0 aromatic heterocycles. The number of carbonyl (C=O) groups excluding carboxylic acids is 1. The number of hydrogen-bond acceptors (Lipinski definition) is 6. The first-order chi connectivity index (χ1) is 23.9. The van der Waals surface area contributed by atoms with Gasteiger partial charge in [-0.15, -0.1) is 0 Å². The van der Waals surface area contributed by atoms with E-state index in [2.05, 4.69) is 43.5 Å². The van der Waals surface area contributed by atoms with Crippen molar-refractivity contribution in [3.63, 3.8) is 0 Å². The number of unbranched alkanes of at least 4 members (excludes halogenated alkanes) is 22. The summed E-state index contributed by atoms with van der Waals surface area (Å²) in [7, 11) is -4.30. The third-order valence-corrected chi connectivity index (χ3v) is 10.0. The van der Waals surface area contributed by atoms with Gasteiger partial charge in [0, 0.05) is 13.0 Å². The molecule has 0 saturated carbocycles. The molecule has 0 aliphatic carbocycles. The monoisotopic (exact) mass is 715 g/mol. The Bertz CT molecular complexity index is 825. The molecule has 0 radical (unpaired) electrons. The van der Waals surface area contributed by atoms with Crippen molar-refractivity contribution in [3.05, 3.63) is 24.3 Å². The van der Waals surface area contributed by atoms with E-state index < -0.39 is 20.0 Å². The van der Waals surface area contributed by atoms with E-state index in [0.717, 1.165) is 44.9 Å². The minimum atomic E-state index is -4.30. The second-order valence-corrected chi connectivity index (χ2v) is 15.3. The number of allylic oxidation sites excluding steroid dienone is 4. The Morgan fingerprint density at radius 1 is 0.673 bits per heavy atom. The van der Waals surface area contributed by atoms with Crippen LogP contribution in [0.4, 0.5) is 0 Å². The van der Waals surface area contributed by atoms with Crippen molar-refractivity contribution in [1.29, 1.82) is 0 Å². The van der Waals surface area contributed by atoms with Crippen LogP contribution in [0.25, 0.3) is 0 Å². The first-order valence-corrected chi connectivity index (χ1v) is 21.9. The van der Waals surface area contributed by atoms with Gasteiger partial charge in [0.1, 0.15) is 0 Å². The van der Waals surface area contributed by atoms with Crippen molar-refractivity contribution in [2.75, 3.05) is 19.8 Å². The number of amides is 1. The number of phosphoric ester groups is 1. The van der Waals surface area contributed by atoms with Crippen molar-refractivity contribution in [3.8, 4) is 0 Å². The SMILES string of the molecule is CCCCCCC/C=C\C/C=C\CCCCCCCCCCCCCC(=O)NC(COP(=O)(O)OCCN)C(O)CCCCCCCCC. The second-order valence-electron chi connectivity index (χ2n) is 13.8. The minimum Gasteiger partial charge on any atom is -0.391 e. The van der Waals surface area contributed by atoms with Gasteiger partial charge in [-0.05, 0) is 44.9 Å². The van der Waals surface area contributed by atoms with Crippen LogP contribution in [0.2, 0.25) is 0 Å². The van der Waals surface area contributed by atoms with Crippen LogP contribution in [0.5, 0.6) is 0 Å². The fourth-order valence-electron chi connectivity index (χ4n) is 5.93. The van der Waals surface area contributed by atoms with Crippen molar-refractivity contribution in [2.24, 2.45) is 5.73 Å². The Morgan fingerprint density at radius 2 is 1.12 bits per heavy atom. The highest BCUT2D eigenvalue weighted by Crippen LogP contribution is 2.43. The fraction of sp³-hybridized carbons (Fsp3) is 0.875. The quantitative estimate of drug-likeness (QED) is 0.0284. The molecular weight excluding hydrogens is 635 g/mol. The van der Waals surface area contributed by atoms with Crippen molar-refractivity contribution < 1.29 is 28.4 Å². The van der Waals surface area contributed by atoms with Crippen LogP contribution >= 0.6 is 7.82 Å². The lowest BCUT2D eigenvalue weighted by atomic mass is 10.0. The number of nitrogens with one attached hydrogen (secondary N) is 1. The third-order valence-electron chi connectivity index (χ3n) is 9.06. The van der Waals surface area contributed by atoms with E-state index in [9.17, 15) is 19.4 Å². The fourth-order valence-corrected chi connectivity index (χ4v) is 6.69. The molecule has 9 heteroatoms. The van der Waals surface area contributed by atoms with Gasteiger partial charge in [0.15, 0.2) is 0 Å². The lowest BCUT2D eigenvalue weighted by Crippen LogP contribution is -2.46. The molecule has 0 aliphatic rings. The van der Waals surface area contributed by atoms with Crippen LogP contribution in [-0.4, -0.2) is 47.8 Å². The summed E-state index contributed by atoms with van der Waals surface area (Å²) in [5.41, 5.74) is 5.35. The minimum absolute atomic E-state index is 0.0885. The highest BCUT2D eigenvalue weighted by atomic mass is 31.2. The van der Waals surface area contributed by atoms with Crippen molar-refractivity contribution >= 4 is 13.7 Å². The molecule has 0 aliphatic heterocycles. The molecule has 0 rings (SSSR count). The van der Waals surface area contributed by atoms with Crippen LogP contribution in [0.1, 0.15) is 194 Å². The number of hydrogen-bond donors (Lipinski definition) is 4. The molecule has 3 atom stereocenters. The van der Waals surface area contributed by atoms with Gasteiger partial charge in [-0.25, -0.2) is 4.57 Å². The Hall–Kier alpha value is -1.02. The predicted molar refractivity (Wildman–Crippen MR) is 208 cm³/mol. The molecule has 5 N–H and O–H groups in total. The maximum atomic E-state index is 12.7. The summed E-state index contributed by atoms with van der Waals surface area (Å²) in [6.45, 7) is 4.14. The number of phosphoric acid groups is 1. The maximum Gasteiger partial charge on any atom is 0.472 e. The number of carbonyl (C=O) groups is 1. The molecule has 49 heavy (non-hydrogen) atoms. The van der Waals surface area contributed by atoms with Crippen LogP contribution in [-0.2, 0) is 18.4 Å². The van der Waals surface area contributed by atoms with Gasteiger partial charge in [-0.3, -0.25) is 13.8 Å². The third kappa shape index (κ3) is 35.2. The van der Waals surface area contributed by atoms with Gasteiger partial charge in [0.2, 0.25) is 5.91 Å². The van der Waals surface area contributed by atoms with E-state index in [-0.39, 0.29) is 25.7 Å². The first kappa shape index (κ1) is 48.0. The van der Waals surface area contributed by atoms with E-state index in [1.165, 1.54) is 122 Å². The summed E-state index contributed by atoms with van der Waals surface area (Å²) in [6, 6.07) is -0.770. The van der Waals surface area contributed by atoms with Crippen LogP contribution in [0.3, 0.4) is 0 Å². The maximum absolute atomic E-state index is 12.7. The summed E-state index contributed by atoms with van der Waals surface area (Å²) in [6.07, 6.45) is 40.7. The smallest absolute Gasteiger partial charge is 0.391 e. The van der Waals surface area contributed by atoms with Gasteiger partial charge < -0.3 is 21.1 Å². The number of nitrogens with two attached hydrogens (primary N) is 1. The largest absolute Gasteiger partial charge is 0.472 e. The van der Waals surface area contributed by atoms with Gasteiger partial charge >= 0.3 is 7.82 Å². The number of aliphatic hydroxyl groups excluding tert-OH is 1. The Morgan fingerprint density at radius 3 is 1.61 bits per heavy atom. The molecule has 0 heterocycles. The standard InChI is InChI=1S/C40H79N2O6P/c1-3-5-7-9-11-12-13-14-15-16-17-18-19-20-21-22-23-24-25-26-28-30-32-34-40(44)42-38(37-48-49(45,46)47-36-35-41)39(43)33-31-29-27-10-8-6-4-2/h13-14,16-17,38-39,43H,3-12,15,18-37,41H2,1-2H3,(H,42,44)(H,45,46)/b14-13-,17-16-. The van der Waals surface area contributed by atoms with E-state index >= 15 is 0 Å². The zero-order valence-corrected chi connectivity index (χ0v) is 32.8. The molecule has 290 valence electrons. The van der Waals surface area contributed by atoms with E-state index in [1.54, 1.807) is 0 Å². The summed E-state index contributed by atoms with van der Waals surface area (Å²) in [5.74, 6) is -0.168. The van der Waals surface area contributed by atoms with Gasteiger partial charge in [0.25, 0.3) is 0 Å². The lowest BCUT2D eigenvalue weighted by Gasteiger charge is -2.25. The summed E-state index contributed by atoms with van der Waals surface area (Å²) >= 11 is 0. The van der Waals surface area contributed by atoms with Crippen LogP contribution in [0.15, 0.2) is 24.3 Å². The second kappa shape index (κ2) is 36.8. The molecule has 0 aromatic rings. The first-order valence-electron chi connectivity index (χ1n) is 20.5. The highest BCUT2D eigenvalue weighted by molar-refractivity contribution is 7.47. The van der Waals surface area contributed by atoms with Crippen LogP contribution < -0.4 is 11.1 Å². The van der Waals surface area contributed by atoms with Gasteiger partial charge in [0.05, 0.1) is 25.4 Å². The average Bonchev–Trinajstić information content (AvgIpc) is 3.09. The molecule has 0 fully saturated rings. The summed E-state index contributed by atoms with van der Waals surface area (Å²) in [4.78, 5) is 22.6. The van der Waals surface area contributed by atoms with Crippen LogP contribution in [0, 0.1) is 0 Å². The molecule has 0 spiro atoms. The Balaban J connectivity index is 3.97. The molecule has 0 aromatic carbocycles. The zero-order chi connectivity index (χ0) is 36.1. The van der Waals surface area contributed by atoms with E-state index in [4.69, 9.17) is 14.8 Å². The Labute approximate surface area is 302 Å². The summed E-state index contributed by atoms with van der Waals surface area (Å²) < 4.78 is 22.0. The molecule has 1 amide bonds. The van der Waals surface area contributed by atoms with E-state index in [1.807, 2.05) is 0 Å². The number of rotatable bonds is 38. The molecule has 0 bridgehead atoms. The van der Waals surface area contributed by atoms with Crippen molar-refractivity contribution in [1.82, 2.24) is 5.32 Å². The Kier molecular flexibility index (Phi) is 36.0. The van der Waals surface area contributed by atoms with E-state index in [0.29, 0.717) is 12.8 Å². The molecule has 0 saturated heterocycles. The molecular formula is C40H79N2O6P. The van der Waals surface area contributed by atoms with Crippen molar-refractivity contribution in [2.45, 2.75) is 206 Å². The molecule has 8 nitrogen and oxygen atoms in total. The summed E-state index contributed by atoms with van der Waals surface area (Å²) in [5, 5.41) is 13.6. The van der Waals surface area contributed by atoms with Gasteiger partial charge in [-0.2, -0.15) is 0 Å². The zero-order valence-electron chi connectivity index (χ0n) is 31.9. The lowest BCUT2D eigenvalue weighted by molar-refractivity contribution is -0.123.